The van der Waals surface area contributed by atoms with Gasteiger partial charge in [0.15, 0.2) is 6.61 Å². The molecular weight excluding hydrogens is 380 g/mol. The topological polar surface area (TPSA) is 67.9 Å². The van der Waals surface area contributed by atoms with Gasteiger partial charge in [0.05, 0.1) is 7.11 Å². The van der Waals surface area contributed by atoms with E-state index in [9.17, 15) is 9.59 Å². The Morgan fingerprint density at radius 2 is 1.83 bits per heavy atom. The Kier molecular flexibility index (Phi) is 8.71. The number of hydrogen-bond acceptors (Lipinski definition) is 4. The van der Waals surface area contributed by atoms with Crippen LogP contribution < -0.4 is 14.8 Å². The lowest BCUT2D eigenvalue weighted by Gasteiger charge is -2.29. The van der Waals surface area contributed by atoms with Crippen LogP contribution in [-0.4, -0.2) is 42.5 Å². The number of ether oxygens (including phenoxy) is 2. The minimum atomic E-state index is -0.641. The number of benzene rings is 2. The van der Waals surface area contributed by atoms with E-state index in [-0.39, 0.29) is 31.0 Å². The molecule has 2 aromatic carbocycles. The summed E-state index contributed by atoms with van der Waals surface area (Å²) >= 11 is 0. The summed E-state index contributed by atoms with van der Waals surface area (Å²) in [5, 5.41) is 2.96. The van der Waals surface area contributed by atoms with Crippen LogP contribution in [-0.2, 0) is 16.1 Å². The molecule has 0 fully saturated rings. The number of nitrogens with one attached hydrogen (secondary N) is 1. The van der Waals surface area contributed by atoms with Gasteiger partial charge in [0.25, 0.3) is 5.91 Å². The highest BCUT2D eigenvalue weighted by Crippen LogP contribution is 2.18. The minimum absolute atomic E-state index is 0.0388. The number of rotatable bonds is 10. The number of para-hydroxylation sites is 1. The van der Waals surface area contributed by atoms with Crippen molar-refractivity contribution in [2.45, 2.75) is 52.7 Å². The van der Waals surface area contributed by atoms with Crippen molar-refractivity contribution in [3.63, 3.8) is 0 Å². The van der Waals surface area contributed by atoms with E-state index in [0.717, 1.165) is 17.5 Å². The molecule has 6 heteroatoms. The van der Waals surface area contributed by atoms with Crippen LogP contribution in [0.15, 0.2) is 48.5 Å². The SMILES string of the molecule is CC[C@@H](C)NC(=O)[C@@H](C)N(Cc1cccc(OC)c1)C(=O)COc1ccccc1C. The second-order valence-electron chi connectivity index (χ2n) is 7.42. The molecule has 0 aromatic heterocycles. The first-order valence-corrected chi connectivity index (χ1v) is 10.3. The van der Waals surface area contributed by atoms with Crippen molar-refractivity contribution < 1.29 is 19.1 Å². The Labute approximate surface area is 179 Å². The van der Waals surface area contributed by atoms with Crippen molar-refractivity contribution in [2.75, 3.05) is 13.7 Å². The first-order valence-electron chi connectivity index (χ1n) is 10.3. The van der Waals surface area contributed by atoms with Gasteiger partial charge in [-0.3, -0.25) is 9.59 Å². The van der Waals surface area contributed by atoms with Crippen molar-refractivity contribution in [3.05, 3.63) is 59.7 Å². The smallest absolute Gasteiger partial charge is 0.261 e. The number of hydrogen-bond donors (Lipinski definition) is 1. The first kappa shape index (κ1) is 23.3. The maximum atomic E-state index is 13.1. The summed E-state index contributed by atoms with van der Waals surface area (Å²) in [6.45, 7) is 7.75. The molecule has 0 aliphatic carbocycles. The summed E-state index contributed by atoms with van der Waals surface area (Å²) in [5.41, 5.74) is 1.83. The van der Waals surface area contributed by atoms with Crippen molar-refractivity contribution in [1.29, 1.82) is 0 Å². The van der Waals surface area contributed by atoms with Gasteiger partial charge in [0.1, 0.15) is 17.5 Å². The molecule has 2 aromatic rings. The molecule has 0 saturated heterocycles. The lowest BCUT2D eigenvalue weighted by Crippen LogP contribution is -2.50. The molecule has 2 rings (SSSR count). The fourth-order valence-electron chi connectivity index (χ4n) is 2.96. The minimum Gasteiger partial charge on any atom is -0.497 e. The number of carbonyl (C=O) groups is 2. The number of methoxy groups -OCH3 is 1. The molecule has 0 bridgehead atoms. The monoisotopic (exact) mass is 412 g/mol. The van der Waals surface area contributed by atoms with Crippen LogP contribution in [0.3, 0.4) is 0 Å². The van der Waals surface area contributed by atoms with Gasteiger partial charge in [-0.2, -0.15) is 0 Å². The fraction of sp³-hybridized carbons (Fsp3) is 0.417. The van der Waals surface area contributed by atoms with Crippen LogP contribution in [0.2, 0.25) is 0 Å². The summed E-state index contributed by atoms with van der Waals surface area (Å²) in [6.07, 6.45) is 0.818. The highest BCUT2D eigenvalue weighted by atomic mass is 16.5. The quantitative estimate of drug-likeness (QED) is 0.646. The van der Waals surface area contributed by atoms with E-state index in [2.05, 4.69) is 5.32 Å². The molecule has 0 aliphatic heterocycles. The van der Waals surface area contributed by atoms with Gasteiger partial charge >= 0.3 is 0 Å². The van der Waals surface area contributed by atoms with Gasteiger partial charge in [-0.15, -0.1) is 0 Å². The van der Waals surface area contributed by atoms with E-state index in [1.807, 2.05) is 69.3 Å². The van der Waals surface area contributed by atoms with Crippen molar-refractivity contribution in [2.24, 2.45) is 0 Å². The number of nitrogens with zero attached hydrogens (tertiary/aromatic N) is 1. The molecule has 0 spiro atoms. The molecule has 0 saturated carbocycles. The maximum Gasteiger partial charge on any atom is 0.261 e. The third-order valence-electron chi connectivity index (χ3n) is 5.10. The highest BCUT2D eigenvalue weighted by molar-refractivity contribution is 5.88. The summed E-state index contributed by atoms with van der Waals surface area (Å²) in [7, 11) is 1.60. The largest absolute Gasteiger partial charge is 0.497 e. The van der Waals surface area contributed by atoms with Crippen LogP contribution in [0, 0.1) is 6.92 Å². The van der Waals surface area contributed by atoms with Crippen molar-refractivity contribution >= 4 is 11.8 Å². The Morgan fingerprint density at radius 3 is 2.50 bits per heavy atom. The van der Waals surface area contributed by atoms with Crippen LogP contribution in [0.1, 0.15) is 38.3 Å². The Balaban J connectivity index is 2.19. The molecule has 0 unspecified atom stereocenters. The summed E-state index contributed by atoms with van der Waals surface area (Å²) in [6, 6.07) is 14.4. The molecule has 0 heterocycles. The number of amides is 2. The highest BCUT2D eigenvalue weighted by Gasteiger charge is 2.27. The van der Waals surface area contributed by atoms with Crippen LogP contribution in [0.4, 0.5) is 0 Å². The molecule has 30 heavy (non-hydrogen) atoms. The van der Waals surface area contributed by atoms with Crippen molar-refractivity contribution in [1.82, 2.24) is 10.2 Å². The molecule has 2 atom stereocenters. The summed E-state index contributed by atoms with van der Waals surface area (Å²) < 4.78 is 11.0. The molecule has 2 amide bonds. The zero-order chi connectivity index (χ0) is 22.1. The lowest BCUT2D eigenvalue weighted by atomic mass is 10.1. The molecule has 0 aliphatic rings. The Hall–Kier alpha value is -3.02. The predicted octanol–water partition coefficient (Wildman–Crippen LogP) is 3.71. The summed E-state index contributed by atoms with van der Waals surface area (Å²) in [5.74, 6) is 0.918. The molecule has 0 radical (unpaired) electrons. The standard InChI is InChI=1S/C24H32N2O4/c1-6-18(3)25-24(28)19(4)26(15-20-11-9-12-21(14-20)29-5)23(27)16-30-22-13-8-7-10-17(22)2/h7-14,18-19H,6,15-16H2,1-5H3,(H,25,28)/t18-,19-/m1/s1. The second-order valence-corrected chi connectivity index (χ2v) is 7.42. The van der Waals surface area contributed by atoms with E-state index in [4.69, 9.17) is 9.47 Å². The van der Waals surface area contributed by atoms with E-state index in [1.165, 1.54) is 0 Å². The maximum absolute atomic E-state index is 13.1. The van der Waals surface area contributed by atoms with Crippen molar-refractivity contribution in [3.8, 4) is 11.5 Å². The predicted molar refractivity (Wildman–Crippen MR) is 118 cm³/mol. The van der Waals surface area contributed by atoms with E-state index in [1.54, 1.807) is 18.9 Å². The van der Waals surface area contributed by atoms with Gasteiger partial charge in [-0.05, 0) is 56.5 Å². The van der Waals surface area contributed by atoms with Gasteiger partial charge in [0.2, 0.25) is 5.91 Å². The summed E-state index contributed by atoms with van der Waals surface area (Å²) in [4.78, 5) is 27.4. The fourth-order valence-corrected chi connectivity index (χ4v) is 2.96. The first-order chi connectivity index (χ1) is 14.3. The van der Waals surface area contributed by atoms with Crippen LogP contribution >= 0.6 is 0 Å². The van der Waals surface area contributed by atoms with Gasteiger partial charge < -0.3 is 19.7 Å². The third-order valence-corrected chi connectivity index (χ3v) is 5.10. The third kappa shape index (κ3) is 6.51. The zero-order valence-corrected chi connectivity index (χ0v) is 18.5. The van der Waals surface area contributed by atoms with E-state index in [0.29, 0.717) is 11.5 Å². The number of carbonyl (C=O) groups excluding carboxylic acids is 2. The average molecular weight is 413 g/mol. The zero-order valence-electron chi connectivity index (χ0n) is 18.5. The Morgan fingerprint density at radius 1 is 1.10 bits per heavy atom. The van der Waals surface area contributed by atoms with E-state index >= 15 is 0 Å². The van der Waals surface area contributed by atoms with Gasteiger partial charge in [-0.25, -0.2) is 0 Å². The lowest BCUT2D eigenvalue weighted by molar-refractivity contribution is -0.142. The molecular formula is C24H32N2O4. The van der Waals surface area contributed by atoms with E-state index < -0.39 is 6.04 Å². The van der Waals surface area contributed by atoms with Crippen LogP contribution in [0.5, 0.6) is 11.5 Å². The van der Waals surface area contributed by atoms with Gasteiger partial charge in [0, 0.05) is 12.6 Å². The number of aryl methyl sites for hydroxylation is 1. The second kappa shape index (κ2) is 11.2. The van der Waals surface area contributed by atoms with Crippen LogP contribution in [0.25, 0.3) is 0 Å². The molecule has 162 valence electrons. The normalized spacial score (nSPS) is 12.6. The Bertz CT molecular complexity index is 853. The molecule has 6 nitrogen and oxygen atoms in total. The molecule has 1 N–H and O–H groups in total. The van der Waals surface area contributed by atoms with Gasteiger partial charge in [-0.1, -0.05) is 37.3 Å². The average Bonchev–Trinajstić information content (AvgIpc) is 2.76.